The van der Waals surface area contributed by atoms with Crippen LogP contribution in [0.5, 0.6) is 0 Å². The summed E-state index contributed by atoms with van der Waals surface area (Å²) in [5.41, 5.74) is -2.02. The molecule has 2 aliphatic heterocycles. The molecular weight excluding hydrogens is 572 g/mol. The summed E-state index contributed by atoms with van der Waals surface area (Å²) in [6.45, 7) is 1.20. The number of amides is 2. The topological polar surface area (TPSA) is 100 Å². The molecular formula is C29H27F6NO6. The summed E-state index contributed by atoms with van der Waals surface area (Å²) in [7, 11) is 0. The third-order valence-corrected chi connectivity index (χ3v) is 8.06. The Balaban J connectivity index is 1.41. The first-order valence-corrected chi connectivity index (χ1v) is 13.2. The number of benzene rings is 1. The van der Waals surface area contributed by atoms with Crippen molar-refractivity contribution < 1.29 is 55.3 Å². The molecule has 3 aliphatic rings. The third-order valence-electron chi connectivity index (χ3n) is 8.06. The first-order valence-electron chi connectivity index (χ1n) is 13.2. The van der Waals surface area contributed by atoms with Crippen molar-refractivity contribution in [3.63, 3.8) is 0 Å². The van der Waals surface area contributed by atoms with Crippen LogP contribution in [0.2, 0.25) is 0 Å². The van der Waals surface area contributed by atoms with E-state index in [0.29, 0.717) is 52.5 Å². The number of imide groups is 1. The van der Waals surface area contributed by atoms with Gasteiger partial charge in [-0.1, -0.05) is 5.57 Å². The number of hydrogen-bond acceptors (Lipinski definition) is 6. The lowest BCUT2D eigenvalue weighted by molar-refractivity contribution is -0.143. The Labute approximate surface area is 236 Å². The fourth-order valence-corrected chi connectivity index (χ4v) is 6.17. The molecule has 42 heavy (non-hydrogen) atoms. The zero-order valence-corrected chi connectivity index (χ0v) is 22.3. The molecule has 2 saturated heterocycles. The number of rotatable bonds is 7. The van der Waals surface area contributed by atoms with Gasteiger partial charge in [0.15, 0.2) is 0 Å². The first kappa shape index (κ1) is 30.1. The molecule has 4 atom stereocenters. The Kier molecular flexibility index (Phi) is 7.88. The monoisotopic (exact) mass is 599 g/mol. The number of fused-ring (bicyclic) bond motifs is 3. The van der Waals surface area contributed by atoms with Crippen molar-refractivity contribution in [3.8, 4) is 0 Å². The van der Waals surface area contributed by atoms with Crippen molar-refractivity contribution in [2.45, 2.75) is 51.2 Å². The van der Waals surface area contributed by atoms with Crippen LogP contribution >= 0.6 is 0 Å². The van der Waals surface area contributed by atoms with Crippen molar-refractivity contribution in [3.05, 3.63) is 69.7 Å². The number of nitrogens with zero attached hydrogens (tertiary/aromatic N) is 1. The normalized spacial score (nSPS) is 25.0. The molecule has 226 valence electrons. The summed E-state index contributed by atoms with van der Waals surface area (Å²) in [5, 5.41) is 19.3. The van der Waals surface area contributed by atoms with Gasteiger partial charge in [0, 0.05) is 5.92 Å². The molecule has 2 aromatic rings. The molecule has 13 heteroatoms. The van der Waals surface area contributed by atoms with Crippen LogP contribution in [0.25, 0.3) is 6.08 Å². The molecule has 0 unspecified atom stereocenters. The zero-order valence-electron chi connectivity index (χ0n) is 22.3. The van der Waals surface area contributed by atoms with Crippen LogP contribution in [0.3, 0.4) is 0 Å². The number of ether oxygens (including phenoxy) is 1. The summed E-state index contributed by atoms with van der Waals surface area (Å²) >= 11 is 0. The Morgan fingerprint density at radius 3 is 2.21 bits per heavy atom. The molecule has 0 spiro atoms. The number of allylic oxidation sites excluding steroid dienone is 1. The van der Waals surface area contributed by atoms with E-state index in [9.17, 15) is 41.0 Å². The number of alkyl halides is 6. The fraction of sp³-hybridized carbons (Fsp3) is 0.448. The van der Waals surface area contributed by atoms with Crippen LogP contribution in [0.15, 0.2) is 51.5 Å². The first-order chi connectivity index (χ1) is 19.7. The van der Waals surface area contributed by atoms with E-state index in [-0.39, 0.29) is 25.7 Å². The van der Waals surface area contributed by atoms with Gasteiger partial charge < -0.3 is 19.4 Å². The van der Waals surface area contributed by atoms with Crippen LogP contribution in [0.1, 0.15) is 48.8 Å². The fourth-order valence-electron chi connectivity index (χ4n) is 6.17. The Morgan fingerprint density at radius 1 is 0.976 bits per heavy atom. The average molecular weight is 600 g/mol. The van der Waals surface area contributed by atoms with Crippen LogP contribution in [0.4, 0.5) is 32.0 Å². The van der Waals surface area contributed by atoms with Gasteiger partial charge in [0.1, 0.15) is 18.1 Å². The highest BCUT2D eigenvalue weighted by Crippen LogP contribution is 2.51. The molecule has 3 heterocycles. The SMILES string of the molecule is C/C(=C\c1ccc(CO)o1)CC[C@H]1OC[C@H]2C1=C(CO)C[C@H]1C(=O)N(c3cc(C(F)(F)F)cc(C(F)(F)F)c3)C(=O)[C@H]12. The van der Waals surface area contributed by atoms with E-state index in [2.05, 4.69) is 0 Å². The number of halogens is 6. The van der Waals surface area contributed by atoms with E-state index in [1.165, 1.54) is 0 Å². The molecule has 7 nitrogen and oxygen atoms in total. The van der Waals surface area contributed by atoms with Gasteiger partial charge >= 0.3 is 12.4 Å². The predicted octanol–water partition coefficient (Wildman–Crippen LogP) is 5.51. The highest BCUT2D eigenvalue weighted by molar-refractivity contribution is 6.22. The number of anilines is 1. The molecule has 1 aromatic carbocycles. The quantitative estimate of drug-likeness (QED) is 0.248. The second-order valence-corrected chi connectivity index (χ2v) is 10.7. The molecule has 0 bridgehead atoms. The van der Waals surface area contributed by atoms with E-state index in [4.69, 9.17) is 14.3 Å². The molecule has 0 radical (unpaired) electrons. The van der Waals surface area contributed by atoms with Crippen molar-refractivity contribution in [1.82, 2.24) is 0 Å². The number of carbonyl (C=O) groups is 2. The van der Waals surface area contributed by atoms with Crippen molar-refractivity contribution in [1.29, 1.82) is 0 Å². The highest BCUT2D eigenvalue weighted by atomic mass is 19.4. The van der Waals surface area contributed by atoms with Crippen molar-refractivity contribution >= 4 is 23.6 Å². The largest absolute Gasteiger partial charge is 0.459 e. The smallest absolute Gasteiger partial charge is 0.416 e. The van der Waals surface area contributed by atoms with Crippen molar-refractivity contribution in [2.75, 3.05) is 18.1 Å². The molecule has 2 amide bonds. The van der Waals surface area contributed by atoms with Crippen LogP contribution in [0, 0.1) is 17.8 Å². The van der Waals surface area contributed by atoms with Gasteiger partial charge in [0.25, 0.3) is 0 Å². The highest BCUT2D eigenvalue weighted by Gasteiger charge is 2.57. The van der Waals surface area contributed by atoms with Gasteiger partial charge in [-0.25, -0.2) is 4.90 Å². The minimum atomic E-state index is -5.15. The maximum absolute atomic E-state index is 13.6. The van der Waals surface area contributed by atoms with Gasteiger partial charge in [0.2, 0.25) is 11.8 Å². The van der Waals surface area contributed by atoms with Crippen LogP contribution in [-0.2, 0) is 33.3 Å². The van der Waals surface area contributed by atoms with E-state index < -0.39 is 71.4 Å². The summed E-state index contributed by atoms with van der Waals surface area (Å²) in [4.78, 5) is 27.4. The summed E-state index contributed by atoms with van der Waals surface area (Å²) in [6, 6.07) is 4.04. The number of furan rings is 1. The molecule has 2 N–H and O–H groups in total. The minimum Gasteiger partial charge on any atom is -0.459 e. The van der Waals surface area contributed by atoms with Gasteiger partial charge in [0.05, 0.1) is 48.0 Å². The lowest BCUT2D eigenvalue weighted by Crippen LogP contribution is -2.35. The maximum atomic E-state index is 13.6. The van der Waals surface area contributed by atoms with Gasteiger partial charge in [-0.2, -0.15) is 26.3 Å². The molecule has 0 saturated carbocycles. The van der Waals surface area contributed by atoms with Gasteiger partial charge in [-0.15, -0.1) is 0 Å². The third kappa shape index (κ3) is 5.52. The van der Waals surface area contributed by atoms with E-state index in [1.54, 1.807) is 18.2 Å². The summed E-state index contributed by atoms with van der Waals surface area (Å²) in [5.74, 6) is -3.60. The maximum Gasteiger partial charge on any atom is 0.416 e. The number of aliphatic hydroxyl groups is 2. The van der Waals surface area contributed by atoms with Crippen LogP contribution in [-0.4, -0.2) is 41.3 Å². The number of aliphatic hydroxyl groups excluding tert-OH is 2. The Hall–Kier alpha value is -3.42. The number of hydrogen-bond donors (Lipinski definition) is 2. The minimum absolute atomic E-state index is 0.00866. The lowest BCUT2D eigenvalue weighted by atomic mass is 9.69. The van der Waals surface area contributed by atoms with Crippen molar-refractivity contribution in [2.24, 2.45) is 17.8 Å². The molecule has 1 aliphatic carbocycles. The lowest BCUT2D eigenvalue weighted by Gasteiger charge is -2.31. The van der Waals surface area contributed by atoms with Gasteiger partial charge in [-0.05, 0) is 73.7 Å². The molecule has 1 aromatic heterocycles. The Bertz CT molecular complexity index is 1420. The number of carbonyl (C=O) groups excluding carboxylic acids is 2. The molecule has 2 fully saturated rings. The van der Waals surface area contributed by atoms with E-state index in [0.717, 1.165) is 5.57 Å². The summed E-state index contributed by atoms with van der Waals surface area (Å²) < 4.78 is 92.3. The van der Waals surface area contributed by atoms with E-state index in [1.807, 2.05) is 6.92 Å². The standard InChI is InChI=1S/C29H27F6NO6/c1-14(6-19-3-4-20(12-38)42-19)2-5-23-24-15(11-37)7-21-25(22(24)13-41-23)27(40)36(26(21)39)18-9-16(28(30,31)32)8-17(10-18)29(33,34)35/h3-4,6,8-10,21-23,25,37-38H,2,5,7,11-13H2,1H3/b14-6+/t21-,22+,23-,25-/m1/s1. The average Bonchev–Trinajstić information content (AvgIpc) is 3.62. The predicted molar refractivity (Wildman–Crippen MR) is 135 cm³/mol. The summed E-state index contributed by atoms with van der Waals surface area (Å²) in [6.07, 6.45) is -8.08. The second-order valence-electron chi connectivity index (χ2n) is 10.7. The second kappa shape index (κ2) is 11.0. The molecule has 5 rings (SSSR count). The van der Waals surface area contributed by atoms with E-state index >= 15 is 0 Å². The van der Waals surface area contributed by atoms with Crippen LogP contribution < -0.4 is 4.90 Å². The Morgan fingerprint density at radius 2 is 1.64 bits per heavy atom. The van der Waals surface area contributed by atoms with Gasteiger partial charge in [-0.3, -0.25) is 9.59 Å². The zero-order chi connectivity index (χ0) is 30.6.